The molecule has 0 saturated carbocycles. The van der Waals surface area contributed by atoms with Gasteiger partial charge >= 0.3 is 0 Å². The van der Waals surface area contributed by atoms with Gasteiger partial charge in [-0.2, -0.15) is 0 Å². The molecule has 1 fully saturated rings. The first-order valence-corrected chi connectivity index (χ1v) is 4.73. The maximum Gasteiger partial charge on any atom is 0.0214 e. The van der Waals surface area contributed by atoms with E-state index in [1.807, 2.05) is 0 Å². The van der Waals surface area contributed by atoms with Crippen molar-refractivity contribution in [3.05, 3.63) is 0 Å². The highest BCUT2D eigenvalue weighted by Crippen LogP contribution is 2.33. The summed E-state index contributed by atoms with van der Waals surface area (Å²) >= 11 is 0. The van der Waals surface area contributed by atoms with E-state index in [1.54, 1.807) is 0 Å². The van der Waals surface area contributed by atoms with Crippen LogP contribution in [0, 0.1) is 17.8 Å². The molecule has 0 spiro atoms. The van der Waals surface area contributed by atoms with Crippen molar-refractivity contribution in [3.8, 4) is 12.3 Å². The fourth-order valence-corrected chi connectivity index (χ4v) is 2.21. The molecule has 1 aliphatic rings. The van der Waals surface area contributed by atoms with Crippen LogP contribution in [0.5, 0.6) is 0 Å². The third-order valence-electron chi connectivity index (χ3n) is 2.65. The zero-order valence-electron chi connectivity index (χ0n) is 8.43. The first-order chi connectivity index (χ1) is 5.55. The predicted molar refractivity (Wildman–Crippen MR) is 52.9 cm³/mol. The van der Waals surface area contributed by atoms with Crippen LogP contribution in [-0.2, 0) is 0 Å². The highest BCUT2D eigenvalue weighted by Gasteiger charge is 2.33. The van der Waals surface area contributed by atoms with Crippen LogP contribution in [-0.4, -0.2) is 24.0 Å². The number of rotatable bonds is 2. The second-order valence-corrected chi connectivity index (χ2v) is 4.64. The second kappa shape index (κ2) is 3.49. The van der Waals surface area contributed by atoms with Crippen LogP contribution < -0.4 is 0 Å². The Morgan fingerprint density at radius 3 is 2.67 bits per heavy atom. The van der Waals surface area contributed by atoms with E-state index in [0.29, 0.717) is 11.5 Å². The van der Waals surface area contributed by atoms with Crippen LogP contribution in [0.15, 0.2) is 0 Å². The van der Waals surface area contributed by atoms with E-state index in [1.165, 1.54) is 13.0 Å². The Hall–Kier alpha value is -0.480. The first kappa shape index (κ1) is 9.61. The molecule has 0 radical (unpaired) electrons. The lowest BCUT2D eigenvalue weighted by Crippen LogP contribution is -2.28. The summed E-state index contributed by atoms with van der Waals surface area (Å²) in [6.07, 6.45) is 7.44. The molecule has 0 aromatic rings. The van der Waals surface area contributed by atoms with Crippen molar-refractivity contribution < 1.29 is 0 Å². The molecular weight excluding hydrogens is 146 g/mol. The Kier molecular flexibility index (Phi) is 2.80. The molecule has 68 valence electrons. The van der Waals surface area contributed by atoms with Gasteiger partial charge in [0.2, 0.25) is 0 Å². The van der Waals surface area contributed by atoms with Crippen LogP contribution in [0.2, 0.25) is 0 Å². The molecule has 1 saturated heterocycles. The second-order valence-electron chi connectivity index (χ2n) is 4.64. The van der Waals surface area contributed by atoms with Crippen molar-refractivity contribution in [1.29, 1.82) is 0 Å². The van der Waals surface area contributed by atoms with E-state index in [2.05, 4.69) is 31.6 Å². The fraction of sp³-hybridized carbons (Fsp3) is 0.818. The van der Waals surface area contributed by atoms with Gasteiger partial charge in [0.1, 0.15) is 0 Å². The summed E-state index contributed by atoms with van der Waals surface area (Å²) in [5.74, 6) is 2.70. The largest absolute Gasteiger partial charge is 0.299 e. The molecule has 0 bridgehead atoms. The Morgan fingerprint density at radius 2 is 2.25 bits per heavy atom. The van der Waals surface area contributed by atoms with Crippen molar-refractivity contribution in [3.63, 3.8) is 0 Å². The summed E-state index contributed by atoms with van der Waals surface area (Å²) in [6.45, 7) is 9.24. The van der Waals surface area contributed by atoms with Crippen molar-refractivity contribution in [2.75, 3.05) is 13.1 Å². The van der Waals surface area contributed by atoms with Crippen LogP contribution in [0.1, 0.15) is 33.6 Å². The van der Waals surface area contributed by atoms with Gasteiger partial charge in [-0.3, -0.25) is 4.90 Å². The summed E-state index contributed by atoms with van der Waals surface area (Å²) in [6, 6.07) is 0.716. The molecule has 0 aliphatic carbocycles. The smallest absolute Gasteiger partial charge is 0.0214 e. The van der Waals surface area contributed by atoms with Crippen molar-refractivity contribution in [2.24, 2.45) is 5.41 Å². The number of nitrogens with zero attached hydrogens (tertiary/aromatic N) is 1. The highest BCUT2D eigenvalue weighted by atomic mass is 15.2. The molecule has 0 aromatic carbocycles. The molecule has 1 unspecified atom stereocenters. The third-order valence-corrected chi connectivity index (χ3v) is 2.65. The number of hydrogen-bond donors (Lipinski definition) is 0. The molecule has 1 nitrogen and oxygen atoms in total. The lowest BCUT2D eigenvalue weighted by molar-refractivity contribution is 0.259. The molecule has 1 heteroatoms. The van der Waals surface area contributed by atoms with Crippen LogP contribution >= 0.6 is 0 Å². The summed E-state index contributed by atoms with van der Waals surface area (Å²) in [5, 5.41) is 0. The summed E-state index contributed by atoms with van der Waals surface area (Å²) < 4.78 is 0. The molecule has 1 heterocycles. The van der Waals surface area contributed by atoms with Gasteiger partial charge in [-0.1, -0.05) is 13.8 Å². The van der Waals surface area contributed by atoms with Gasteiger partial charge in [0.15, 0.2) is 0 Å². The molecule has 1 rings (SSSR count). The van der Waals surface area contributed by atoms with Gasteiger partial charge in [-0.25, -0.2) is 0 Å². The highest BCUT2D eigenvalue weighted by molar-refractivity contribution is 4.91. The number of terminal acetylenes is 1. The summed E-state index contributed by atoms with van der Waals surface area (Å²) in [5.41, 5.74) is 0.494. The molecule has 0 amide bonds. The van der Waals surface area contributed by atoms with Crippen LogP contribution in [0.3, 0.4) is 0 Å². The van der Waals surface area contributed by atoms with Gasteiger partial charge in [0.05, 0.1) is 0 Å². The summed E-state index contributed by atoms with van der Waals surface area (Å²) in [4.78, 5) is 2.50. The van der Waals surface area contributed by atoms with Gasteiger partial charge < -0.3 is 0 Å². The van der Waals surface area contributed by atoms with Crippen molar-refractivity contribution >= 4 is 0 Å². The third kappa shape index (κ3) is 2.25. The first-order valence-electron chi connectivity index (χ1n) is 4.73. The van der Waals surface area contributed by atoms with Crippen molar-refractivity contribution in [2.45, 2.75) is 39.7 Å². The zero-order chi connectivity index (χ0) is 9.19. The molecule has 12 heavy (non-hydrogen) atoms. The molecule has 1 atom stereocenters. The predicted octanol–water partition coefficient (Wildman–Crippen LogP) is 2.13. The average molecular weight is 165 g/mol. The Morgan fingerprint density at radius 1 is 1.58 bits per heavy atom. The van der Waals surface area contributed by atoms with E-state index in [4.69, 9.17) is 6.42 Å². The van der Waals surface area contributed by atoms with Gasteiger partial charge in [-0.15, -0.1) is 12.3 Å². The van der Waals surface area contributed by atoms with Crippen LogP contribution in [0.25, 0.3) is 0 Å². The Bertz CT molecular complexity index is 188. The van der Waals surface area contributed by atoms with E-state index in [0.717, 1.165) is 13.0 Å². The average Bonchev–Trinajstić information content (AvgIpc) is 2.20. The molecule has 1 aliphatic heterocycles. The van der Waals surface area contributed by atoms with Crippen LogP contribution in [0.4, 0.5) is 0 Å². The lowest BCUT2D eigenvalue weighted by Gasteiger charge is -2.20. The topological polar surface area (TPSA) is 3.24 Å². The van der Waals surface area contributed by atoms with Crippen molar-refractivity contribution in [1.82, 2.24) is 4.90 Å². The maximum atomic E-state index is 5.24. The lowest BCUT2D eigenvalue weighted by atomic mass is 9.91. The molecule has 0 N–H and O–H groups in total. The SMILES string of the molecule is C#CCCN1CC(C)(C)CC1C. The summed E-state index contributed by atoms with van der Waals surface area (Å²) in [7, 11) is 0. The van der Waals surface area contributed by atoms with E-state index in [-0.39, 0.29) is 0 Å². The van der Waals surface area contributed by atoms with Gasteiger partial charge in [0.25, 0.3) is 0 Å². The minimum Gasteiger partial charge on any atom is -0.299 e. The van der Waals surface area contributed by atoms with E-state index >= 15 is 0 Å². The minimum absolute atomic E-state index is 0.494. The Balaban J connectivity index is 2.42. The zero-order valence-corrected chi connectivity index (χ0v) is 8.43. The fourth-order valence-electron chi connectivity index (χ4n) is 2.21. The standard InChI is InChI=1S/C11H19N/c1-5-6-7-12-9-11(3,4)8-10(12)2/h1,10H,6-9H2,2-4H3. The monoisotopic (exact) mass is 165 g/mol. The number of likely N-dealkylation sites (tertiary alicyclic amines) is 1. The maximum absolute atomic E-state index is 5.24. The van der Waals surface area contributed by atoms with E-state index < -0.39 is 0 Å². The molecular formula is C11H19N. The van der Waals surface area contributed by atoms with Gasteiger partial charge in [-0.05, 0) is 18.8 Å². The quantitative estimate of drug-likeness (QED) is 0.567. The Labute approximate surface area is 76.1 Å². The minimum atomic E-state index is 0.494. The molecule has 0 aromatic heterocycles. The number of hydrogen-bond acceptors (Lipinski definition) is 1. The normalized spacial score (nSPS) is 28.7. The van der Waals surface area contributed by atoms with Gasteiger partial charge in [0, 0.05) is 25.6 Å². The van der Waals surface area contributed by atoms with E-state index in [9.17, 15) is 0 Å².